The van der Waals surface area contributed by atoms with Gasteiger partial charge in [0.2, 0.25) is 0 Å². The third-order valence-electron chi connectivity index (χ3n) is 5.05. The molecule has 0 N–H and O–H groups in total. The molecule has 0 fully saturated rings. The van der Waals surface area contributed by atoms with Gasteiger partial charge >= 0.3 is 0 Å². The molecule has 0 aliphatic rings. The van der Waals surface area contributed by atoms with Crippen molar-refractivity contribution < 1.29 is 13.2 Å². The Morgan fingerprint density at radius 1 is 0.800 bits per heavy atom. The number of carbonyl (C=O) groups is 1. The van der Waals surface area contributed by atoms with Gasteiger partial charge in [0.25, 0.3) is 15.9 Å². The van der Waals surface area contributed by atoms with Gasteiger partial charge in [0.1, 0.15) is 0 Å². The molecule has 30 heavy (non-hydrogen) atoms. The van der Waals surface area contributed by atoms with Crippen molar-refractivity contribution in [2.24, 2.45) is 0 Å². The van der Waals surface area contributed by atoms with Crippen LogP contribution >= 0.6 is 0 Å². The van der Waals surface area contributed by atoms with Crippen molar-refractivity contribution in [2.45, 2.75) is 32.6 Å². The molecule has 0 heterocycles. The molecule has 1 amide bonds. The number of amides is 1. The fraction of sp³-hybridized carbons (Fsp3) is 0.160. The van der Waals surface area contributed by atoms with E-state index in [0.29, 0.717) is 5.69 Å². The highest BCUT2D eigenvalue weighted by Crippen LogP contribution is 2.29. The Labute approximate surface area is 178 Å². The van der Waals surface area contributed by atoms with Crippen molar-refractivity contribution in [3.63, 3.8) is 0 Å². The summed E-state index contributed by atoms with van der Waals surface area (Å²) in [6, 6.07) is 19.5. The summed E-state index contributed by atoms with van der Waals surface area (Å²) in [6.07, 6.45) is 2.93. The van der Waals surface area contributed by atoms with Crippen molar-refractivity contribution in [1.82, 2.24) is 0 Å². The van der Waals surface area contributed by atoms with Gasteiger partial charge < -0.3 is 0 Å². The fourth-order valence-electron chi connectivity index (χ4n) is 3.05. The Morgan fingerprint density at radius 3 is 1.97 bits per heavy atom. The maximum atomic E-state index is 13.5. The van der Waals surface area contributed by atoms with Gasteiger partial charge in [-0.25, -0.2) is 8.42 Å². The normalized spacial score (nSPS) is 11.6. The van der Waals surface area contributed by atoms with Crippen LogP contribution < -0.4 is 4.31 Å². The van der Waals surface area contributed by atoms with Gasteiger partial charge in [0.05, 0.1) is 10.6 Å². The second-order valence-electron chi connectivity index (χ2n) is 7.38. The number of hydrogen-bond donors (Lipinski definition) is 0. The van der Waals surface area contributed by atoms with E-state index in [9.17, 15) is 13.2 Å². The summed E-state index contributed by atoms with van der Waals surface area (Å²) in [5, 5.41) is 0. The summed E-state index contributed by atoms with van der Waals surface area (Å²) in [4.78, 5) is 13.3. The van der Waals surface area contributed by atoms with Crippen LogP contribution in [0.4, 0.5) is 5.69 Å². The zero-order chi connectivity index (χ0) is 21.9. The lowest BCUT2D eigenvalue weighted by molar-refractivity contribution is -0.113. The van der Waals surface area contributed by atoms with E-state index in [1.807, 2.05) is 58.0 Å². The molecular formula is C25H25NO3S. The average molecular weight is 420 g/mol. The lowest BCUT2D eigenvalue weighted by atomic mass is 10.1. The summed E-state index contributed by atoms with van der Waals surface area (Å²) in [7, 11) is -4.09. The molecule has 0 aliphatic carbocycles. The summed E-state index contributed by atoms with van der Waals surface area (Å²) >= 11 is 0. The Bertz CT molecular complexity index is 1190. The molecule has 0 spiro atoms. The molecule has 4 nitrogen and oxygen atoms in total. The van der Waals surface area contributed by atoms with Gasteiger partial charge in [-0.2, -0.15) is 4.31 Å². The third kappa shape index (κ3) is 4.52. The standard InChI is InChI=1S/C25H25NO3S/c1-18-8-12-22(13-9-18)14-17-25(27)26(24-7-5-6-20(3)21(24)4)30(28,29)23-15-10-19(2)11-16-23/h5-17H,1-4H3/b17-14+. The van der Waals surface area contributed by atoms with Crippen LogP contribution in [-0.2, 0) is 14.8 Å². The van der Waals surface area contributed by atoms with E-state index in [4.69, 9.17) is 0 Å². The van der Waals surface area contributed by atoms with Crippen LogP contribution in [0.5, 0.6) is 0 Å². The first kappa shape index (κ1) is 21.5. The molecule has 3 rings (SSSR count). The van der Waals surface area contributed by atoms with Crippen LogP contribution in [0.3, 0.4) is 0 Å². The smallest absolute Gasteiger partial charge is 0.268 e. The van der Waals surface area contributed by atoms with Crippen LogP contribution in [0.25, 0.3) is 6.08 Å². The lowest BCUT2D eigenvalue weighted by Gasteiger charge is -2.24. The molecule has 154 valence electrons. The monoisotopic (exact) mass is 419 g/mol. The number of carbonyl (C=O) groups excluding carboxylic acids is 1. The minimum atomic E-state index is -4.09. The molecule has 5 heteroatoms. The van der Waals surface area contributed by atoms with Crippen LogP contribution in [0.1, 0.15) is 27.8 Å². The number of sulfonamides is 1. The van der Waals surface area contributed by atoms with Gasteiger partial charge in [-0.1, -0.05) is 59.7 Å². The first-order chi connectivity index (χ1) is 14.2. The van der Waals surface area contributed by atoms with Crippen LogP contribution in [-0.4, -0.2) is 14.3 Å². The van der Waals surface area contributed by atoms with Crippen LogP contribution in [0, 0.1) is 27.7 Å². The van der Waals surface area contributed by atoms with Crippen molar-refractivity contribution in [1.29, 1.82) is 0 Å². The predicted octanol–water partition coefficient (Wildman–Crippen LogP) is 5.36. The number of rotatable bonds is 5. The second-order valence-corrected chi connectivity index (χ2v) is 9.17. The van der Waals surface area contributed by atoms with Gasteiger partial charge in [-0.15, -0.1) is 0 Å². The fourth-order valence-corrected chi connectivity index (χ4v) is 4.50. The molecule has 3 aromatic carbocycles. The minimum absolute atomic E-state index is 0.0751. The second kappa shape index (κ2) is 8.67. The van der Waals surface area contributed by atoms with E-state index >= 15 is 0 Å². The molecule has 0 bridgehead atoms. The average Bonchev–Trinajstić information content (AvgIpc) is 2.71. The van der Waals surface area contributed by atoms with Crippen LogP contribution in [0.2, 0.25) is 0 Å². The van der Waals surface area contributed by atoms with E-state index in [0.717, 1.165) is 32.1 Å². The lowest BCUT2D eigenvalue weighted by Crippen LogP contribution is -2.36. The van der Waals surface area contributed by atoms with Gasteiger partial charge in [-0.05, 0) is 68.7 Å². The summed E-state index contributed by atoms with van der Waals surface area (Å²) < 4.78 is 27.8. The molecule has 0 atom stereocenters. The minimum Gasteiger partial charge on any atom is -0.268 e. The Morgan fingerprint density at radius 2 is 1.37 bits per heavy atom. The van der Waals surface area contributed by atoms with Crippen LogP contribution in [0.15, 0.2) is 77.7 Å². The summed E-state index contributed by atoms with van der Waals surface area (Å²) in [5.41, 5.74) is 4.88. The largest absolute Gasteiger partial charge is 0.271 e. The van der Waals surface area contributed by atoms with Crippen molar-refractivity contribution in [3.8, 4) is 0 Å². The zero-order valence-electron chi connectivity index (χ0n) is 17.6. The molecule has 0 radical (unpaired) electrons. The van der Waals surface area contributed by atoms with Gasteiger partial charge in [-0.3, -0.25) is 4.79 Å². The van der Waals surface area contributed by atoms with Gasteiger partial charge in [0.15, 0.2) is 0 Å². The first-order valence-corrected chi connectivity index (χ1v) is 11.1. The summed E-state index contributed by atoms with van der Waals surface area (Å²) in [6.45, 7) is 7.57. The molecule has 0 saturated heterocycles. The molecule has 0 aliphatic heterocycles. The Kier molecular flexibility index (Phi) is 6.22. The predicted molar refractivity (Wildman–Crippen MR) is 122 cm³/mol. The highest BCUT2D eigenvalue weighted by atomic mass is 32.2. The molecule has 0 unspecified atom stereocenters. The molecule has 3 aromatic rings. The maximum Gasteiger partial charge on any atom is 0.271 e. The highest BCUT2D eigenvalue weighted by Gasteiger charge is 2.31. The first-order valence-electron chi connectivity index (χ1n) is 9.67. The van der Waals surface area contributed by atoms with Gasteiger partial charge in [0, 0.05) is 6.08 Å². The third-order valence-corrected chi connectivity index (χ3v) is 6.78. The topological polar surface area (TPSA) is 54.5 Å². The Balaban J connectivity index is 2.09. The van der Waals surface area contributed by atoms with Crippen molar-refractivity contribution >= 4 is 27.7 Å². The van der Waals surface area contributed by atoms with E-state index in [-0.39, 0.29) is 4.90 Å². The number of hydrogen-bond acceptors (Lipinski definition) is 3. The Hall–Kier alpha value is -3.18. The molecule has 0 saturated carbocycles. The number of anilines is 1. The molecular weight excluding hydrogens is 394 g/mol. The zero-order valence-corrected chi connectivity index (χ0v) is 18.4. The van der Waals surface area contributed by atoms with Crippen molar-refractivity contribution in [3.05, 3.63) is 101 Å². The van der Waals surface area contributed by atoms with E-state index in [1.54, 1.807) is 30.3 Å². The molecule has 0 aromatic heterocycles. The number of aryl methyl sites for hydroxylation is 3. The van der Waals surface area contributed by atoms with E-state index in [1.165, 1.54) is 18.2 Å². The SMILES string of the molecule is Cc1ccc(/C=C/C(=O)N(c2cccc(C)c2C)S(=O)(=O)c2ccc(C)cc2)cc1. The number of nitrogens with zero attached hydrogens (tertiary/aromatic N) is 1. The highest BCUT2D eigenvalue weighted by molar-refractivity contribution is 7.93. The maximum absolute atomic E-state index is 13.5. The summed E-state index contributed by atoms with van der Waals surface area (Å²) in [5.74, 6) is -0.621. The van der Waals surface area contributed by atoms with Crippen molar-refractivity contribution in [2.75, 3.05) is 4.31 Å². The van der Waals surface area contributed by atoms with E-state index in [2.05, 4.69) is 0 Å². The van der Waals surface area contributed by atoms with E-state index < -0.39 is 15.9 Å². The quantitative estimate of drug-likeness (QED) is 0.524. The number of benzene rings is 3.